The maximum absolute atomic E-state index is 12.5. The highest BCUT2D eigenvalue weighted by Gasteiger charge is 2.32. The van der Waals surface area contributed by atoms with Crippen molar-refractivity contribution in [3.05, 3.63) is 17.7 Å². The highest BCUT2D eigenvalue weighted by Crippen LogP contribution is 2.19. The van der Waals surface area contributed by atoms with Gasteiger partial charge in [-0.1, -0.05) is 6.92 Å². The van der Waals surface area contributed by atoms with E-state index in [1.54, 1.807) is 0 Å². The molecule has 6 nitrogen and oxygen atoms in total. The molecule has 1 unspecified atom stereocenters. The quantitative estimate of drug-likeness (QED) is 0.774. The Balaban J connectivity index is 2.23. The maximum atomic E-state index is 12.5. The Hall–Kier alpha value is -0.760. The number of piperazine rings is 1. The Morgan fingerprint density at radius 1 is 1.37 bits per heavy atom. The molecule has 0 aliphatic carbocycles. The molecule has 1 saturated heterocycles. The second kappa shape index (κ2) is 5.70. The molecule has 1 aromatic heterocycles. The molecule has 1 aliphatic rings. The number of sulfonamides is 1. The largest absolute Gasteiger partial charge is 0.301 e. The Bertz CT molecular complexity index is 534. The highest BCUT2D eigenvalue weighted by molar-refractivity contribution is 7.89. The second-order valence-corrected chi connectivity index (χ2v) is 6.87. The third-order valence-corrected chi connectivity index (χ3v) is 5.46. The lowest BCUT2D eigenvalue weighted by Gasteiger charge is -2.38. The van der Waals surface area contributed by atoms with Gasteiger partial charge in [0, 0.05) is 25.7 Å². The van der Waals surface area contributed by atoms with Crippen LogP contribution < -0.4 is 0 Å². The molecule has 2 rings (SSSR count). The smallest absolute Gasteiger partial charge is 0.246 e. The standard InChI is InChI=1S/C11H17ClN4O2S/c1-3-9-8-16(5-4-15(9)2)19(17,18)10-6-13-11(12)14-7-10/h6-7,9H,3-5,8H2,1-2H3. The van der Waals surface area contributed by atoms with E-state index in [1.807, 2.05) is 7.05 Å². The molecule has 1 atom stereocenters. The predicted octanol–water partition coefficient (Wildman–Crippen LogP) is 0.845. The molecule has 0 amide bonds. The summed E-state index contributed by atoms with van der Waals surface area (Å²) in [5, 5.41) is 0.0452. The van der Waals surface area contributed by atoms with Crippen molar-refractivity contribution in [1.29, 1.82) is 0 Å². The SMILES string of the molecule is CCC1CN(S(=O)(=O)c2cnc(Cl)nc2)CCN1C. The summed E-state index contributed by atoms with van der Waals surface area (Å²) in [4.78, 5) is 9.74. The molecular formula is C11H17ClN4O2S. The monoisotopic (exact) mass is 304 g/mol. The van der Waals surface area contributed by atoms with Crippen LogP contribution in [0.3, 0.4) is 0 Å². The number of likely N-dealkylation sites (N-methyl/N-ethyl adjacent to an activating group) is 1. The predicted molar refractivity (Wildman–Crippen MR) is 72.5 cm³/mol. The van der Waals surface area contributed by atoms with Crippen LogP contribution in [-0.2, 0) is 10.0 Å². The van der Waals surface area contributed by atoms with Gasteiger partial charge in [0.2, 0.25) is 15.3 Å². The molecule has 0 radical (unpaired) electrons. The van der Waals surface area contributed by atoms with Crippen molar-refractivity contribution in [1.82, 2.24) is 19.2 Å². The number of nitrogens with zero attached hydrogens (tertiary/aromatic N) is 4. The molecule has 0 saturated carbocycles. The topological polar surface area (TPSA) is 66.4 Å². The maximum Gasteiger partial charge on any atom is 0.246 e. The zero-order valence-corrected chi connectivity index (χ0v) is 12.5. The third-order valence-electron chi connectivity index (χ3n) is 3.45. The number of hydrogen-bond donors (Lipinski definition) is 0. The van der Waals surface area contributed by atoms with Crippen molar-refractivity contribution >= 4 is 21.6 Å². The van der Waals surface area contributed by atoms with Gasteiger partial charge in [0.25, 0.3) is 0 Å². The van der Waals surface area contributed by atoms with Gasteiger partial charge in [-0.15, -0.1) is 0 Å². The van der Waals surface area contributed by atoms with E-state index in [1.165, 1.54) is 16.7 Å². The third kappa shape index (κ3) is 3.05. The van der Waals surface area contributed by atoms with Crippen LogP contribution in [0.1, 0.15) is 13.3 Å². The van der Waals surface area contributed by atoms with Gasteiger partial charge in [-0.2, -0.15) is 4.31 Å². The molecule has 0 aromatic carbocycles. The van der Waals surface area contributed by atoms with Crippen molar-refractivity contribution in [3.8, 4) is 0 Å². The van der Waals surface area contributed by atoms with Crippen LogP contribution in [0, 0.1) is 0 Å². The summed E-state index contributed by atoms with van der Waals surface area (Å²) >= 11 is 5.57. The first kappa shape index (κ1) is 14.6. The minimum absolute atomic E-state index is 0.0452. The molecular weight excluding hydrogens is 288 g/mol. The number of rotatable bonds is 3. The van der Waals surface area contributed by atoms with E-state index < -0.39 is 10.0 Å². The number of halogens is 1. The van der Waals surface area contributed by atoms with E-state index in [-0.39, 0.29) is 16.2 Å². The molecule has 1 aliphatic heterocycles. The van der Waals surface area contributed by atoms with Gasteiger partial charge in [-0.25, -0.2) is 18.4 Å². The van der Waals surface area contributed by atoms with Gasteiger partial charge in [-0.3, -0.25) is 0 Å². The molecule has 1 fully saturated rings. The zero-order valence-electron chi connectivity index (χ0n) is 11.0. The van der Waals surface area contributed by atoms with Gasteiger partial charge >= 0.3 is 0 Å². The summed E-state index contributed by atoms with van der Waals surface area (Å²) in [6.07, 6.45) is 3.42. The normalized spacial score (nSPS) is 22.6. The van der Waals surface area contributed by atoms with Gasteiger partial charge in [-0.05, 0) is 25.1 Å². The molecule has 0 N–H and O–H groups in total. The number of aromatic nitrogens is 2. The van der Waals surface area contributed by atoms with Crippen molar-refractivity contribution in [2.24, 2.45) is 0 Å². The summed E-state index contributed by atoms with van der Waals surface area (Å²) < 4.78 is 26.4. The van der Waals surface area contributed by atoms with Crippen molar-refractivity contribution in [2.45, 2.75) is 24.3 Å². The minimum Gasteiger partial charge on any atom is -0.301 e. The van der Waals surface area contributed by atoms with Crippen LogP contribution in [0.15, 0.2) is 17.3 Å². The fourth-order valence-electron chi connectivity index (χ4n) is 2.16. The molecule has 1 aromatic rings. The molecule has 19 heavy (non-hydrogen) atoms. The lowest BCUT2D eigenvalue weighted by molar-refractivity contribution is 0.144. The van der Waals surface area contributed by atoms with Crippen LogP contribution in [0.2, 0.25) is 5.28 Å². The van der Waals surface area contributed by atoms with Crippen LogP contribution in [0.4, 0.5) is 0 Å². The summed E-state index contributed by atoms with van der Waals surface area (Å²) in [6, 6.07) is 0.247. The van der Waals surface area contributed by atoms with E-state index in [2.05, 4.69) is 21.8 Å². The first-order valence-corrected chi connectivity index (χ1v) is 7.95. The van der Waals surface area contributed by atoms with Crippen LogP contribution in [0.25, 0.3) is 0 Å². The number of hydrogen-bond acceptors (Lipinski definition) is 5. The summed E-state index contributed by atoms with van der Waals surface area (Å²) in [7, 11) is -1.50. The molecule has 2 heterocycles. The Morgan fingerprint density at radius 3 is 2.58 bits per heavy atom. The van der Waals surface area contributed by atoms with E-state index in [9.17, 15) is 8.42 Å². The van der Waals surface area contributed by atoms with Gasteiger partial charge in [0.15, 0.2) is 0 Å². The Kier molecular flexibility index (Phi) is 4.39. The van der Waals surface area contributed by atoms with Crippen LogP contribution in [-0.4, -0.2) is 60.3 Å². The average Bonchev–Trinajstić information content (AvgIpc) is 2.39. The van der Waals surface area contributed by atoms with E-state index >= 15 is 0 Å². The Labute approximate surface area is 118 Å². The molecule has 0 spiro atoms. The molecule has 0 bridgehead atoms. The Morgan fingerprint density at radius 2 is 2.00 bits per heavy atom. The van der Waals surface area contributed by atoms with Crippen LogP contribution >= 0.6 is 11.6 Å². The first-order chi connectivity index (χ1) is 8.95. The van der Waals surface area contributed by atoms with Crippen molar-refractivity contribution in [3.63, 3.8) is 0 Å². The van der Waals surface area contributed by atoms with Gasteiger partial charge in [0.1, 0.15) is 4.90 Å². The zero-order chi connectivity index (χ0) is 14.0. The second-order valence-electron chi connectivity index (χ2n) is 4.59. The highest BCUT2D eigenvalue weighted by atomic mass is 35.5. The first-order valence-electron chi connectivity index (χ1n) is 6.13. The summed E-state index contributed by atoms with van der Waals surface area (Å²) in [5.41, 5.74) is 0. The average molecular weight is 305 g/mol. The van der Waals surface area contributed by atoms with Gasteiger partial charge < -0.3 is 4.90 Å². The minimum atomic E-state index is -3.52. The summed E-state index contributed by atoms with van der Waals surface area (Å²) in [6.45, 7) is 3.77. The van der Waals surface area contributed by atoms with E-state index in [0.29, 0.717) is 13.1 Å². The fraction of sp³-hybridized carbons (Fsp3) is 0.636. The lowest BCUT2D eigenvalue weighted by atomic mass is 10.1. The fourth-order valence-corrected chi connectivity index (χ4v) is 3.62. The van der Waals surface area contributed by atoms with E-state index in [4.69, 9.17) is 11.6 Å². The molecule has 106 valence electrons. The summed E-state index contributed by atoms with van der Waals surface area (Å²) in [5.74, 6) is 0. The van der Waals surface area contributed by atoms with Gasteiger partial charge in [0.05, 0.1) is 12.4 Å². The molecule has 8 heteroatoms. The van der Waals surface area contributed by atoms with Crippen molar-refractivity contribution < 1.29 is 8.42 Å². The van der Waals surface area contributed by atoms with Crippen LogP contribution in [0.5, 0.6) is 0 Å². The van der Waals surface area contributed by atoms with E-state index in [0.717, 1.165) is 13.0 Å². The lowest BCUT2D eigenvalue weighted by Crippen LogP contribution is -2.52. The van der Waals surface area contributed by atoms with Crippen molar-refractivity contribution in [2.75, 3.05) is 26.7 Å².